The van der Waals surface area contributed by atoms with Crippen LogP contribution in [0.3, 0.4) is 0 Å². The maximum atomic E-state index is 12.3. The van der Waals surface area contributed by atoms with E-state index in [1.807, 2.05) is 45.9 Å². The average Bonchev–Trinajstić information content (AvgIpc) is 2.81. The second-order valence-electron chi connectivity index (χ2n) is 7.44. The van der Waals surface area contributed by atoms with Crippen molar-refractivity contribution in [3.63, 3.8) is 0 Å². The molecule has 1 heterocycles. The van der Waals surface area contributed by atoms with Crippen molar-refractivity contribution in [2.24, 2.45) is 5.92 Å². The first kappa shape index (κ1) is 25.8. The van der Waals surface area contributed by atoms with E-state index < -0.39 is 0 Å². The van der Waals surface area contributed by atoms with E-state index in [-0.39, 0.29) is 5.63 Å². The number of anilines is 1. The zero-order valence-corrected chi connectivity index (χ0v) is 19.8. The fourth-order valence-corrected chi connectivity index (χ4v) is 3.11. The molecule has 168 valence electrons. The lowest BCUT2D eigenvalue weighted by molar-refractivity contribution is 0.230. The van der Waals surface area contributed by atoms with Gasteiger partial charge < -0.3 is 14.5 Å². The Balaban J connectivity index is 0.000000673. The number of hydrogen-bond donors (Lipinski definition) is 1. The van der Waals surface area contributed by atoms with Crippen molar-refractivity contribution >= 4 is 16.5 Å². The van der Waals surface area contributed by atoms with E-state index in [4.69, 9.17) is 9.15 Å². The molecule has 0 radical (unpaired) electrons. The van der Waals surface area contributed by atoms with E-state index in [2.05, 4.69) is 31.3 Å². The molecular formula is C26H41NO3. The van der Waals surface area contributed by atoms with E-state index in [0.29, 0.717) is 23.9 Å². The Morgan fingerprint density at radius 2 is 1.80 bits per heavy atom. The van der Waals surface area contributed by atoms with Gasteiger partial charge in [-0.2, -0.15) is 0 Å². The van der Waals surface area contributed by atoms with Gasteiger partial charge in [0, 0.05) is 17.8 Å². The second kappa shape index (κ2) is 14.7. The minimum atomic E-state index is -0.342. The Hall–Kier alpha value is -2.23. The van der Waals surface area contributed by atoms with Gasteiger partial charge in [-0.3, -0.25) is 0 Å². The van der Waals surface area contributed by atoms with Crippen LogP contribution in [0.2, 0.25) is 0 Å². The minimum Gasteiger partial charge on any atom is -0.465 e. The summed E-state index contributed by atoms with van der Waals surface area (Å²) in [5, 5.41) is 4.95. The summed E-state index contributed by atoms with van der Waals surface area (Å²) in [6.07, 6.45) is 11.5. The van der Waals surface area contributed by atoms with E-state index in [1.165, 1.54) is 19.3 Å². The van der Waals surface area contributed by atoms with Crippen LogP contribution in [-0.4, -0.2) is 13.2 Å². The van der Waals surface area contributed by atoms with Gasteiger partial charge in [0.25, 0.3) is 5.95 Å². The lowest BCUT2D eigenvalue weighted by atomic mass is 9.94. The Labute approximate surface area is 182 Å². The number of ether oxygens (including phenoxy) is 1. The van der Waals surface area contributed by atoms with E-state index in [0.717, 1.165) is 42.4 Å². The van der Waals surface area contributed by atoms with Crippen LogP contribution in [-0.2, 0) is 0 Å². The van der Waals surface area contributed by atoms with Crippen molar-refractivity contribution in [2.75, 3.05) is 18.5 Å². The van der Waals surface area contributed by atoms with Gasteiger partial charge in [0.15, 0.2) is 0 Å². The predicted molar refractivity (Wildman–Crippen MR) is 130 cm³/mol. The number of unbranched alkanes of at least 4 members (excludes halogenated alkanes) is 1. The molecule has 1 atom stereocenters. The first-order valence-electron chi connectivity index (χ1n) is 11.7. The molecule has 1 unspecified atom stereocenters. The van der Waals surface area contributed by atoms with Crippen molar-refractivity contribution in [2.45, 2.75) is 80.1 Å². The highest BCUT2D eigenvalue weighted by Crippen LogP contribution is 2.27. The van der Waals surface area contributed by atoms with Crippen LogP contribution < -0.4 is 15.7 Å². The van der Waals surface area contributed by atoms with Crippen molar-refractivity contribution in [3.8, 4) is 5.95 Å². The molecule has 30 heavy (non-hydrogen) atoms. The Bertz CT molecular complexity index is 821. The Morgan fingerprint density at radius 3 is 2.40 bits per heavy atom. The molecule has 1 aliphatic carbocycles. The lowest BCUT2D eigenvalue weighted by Crippen LogP contribution is -2.15. The molecule has 0 fully saturated rings. The molecule has 1 N–H and O–H groups in total. The predicted octanol–water partition coefficient (Wildman–Crippen LogP) is 7.49. The fourth-order valence-electron chi connectivity index (χ4n) is 3.11. The van der Waals surface area contributed by atoms with Crippen molar-refractivity contribution in [1.29, 1.82) is 0 Å². The topological polar surface area (TPSA) is 51.5 Å². The lowest BCUT2D eigenvalue weighted by Gasteiger charge is -2.19. The number of nitrogens with one attached hydrogen (secondary N) is 1. The highest BCUT2D eigenvalue weighted by atomic mass is 16.6. The van der Waals surface area contributed by atoms with Crippen LogP contribution in [0.5, 0.6) is 5.95 Å². The number of rotatable bonds is 7. The van der Waals surface area contributed by atoms with Gasteiger partial charge in [-0.05, 0) is 56.0 Å². The third-order valence-corrected chi connectivity index (χ3v) is 5.04. The number of aryl methyl sites for hydroxylation is 1. The summed E-state index contributed by atoms with van der Waals surface area (Å²) < 4.78 is 10.9. The molecule has 2 aromatic rings. The van der Waals surface area contributed by atoms with Gasteiger partial charge in [-0.25, -0.2) is 4.79 Å². The number of fused-ring (bicyclic) bond motifs is 1. The molecule has 3 rings (SSSR count). The summed E-state index contributed by atoms with van der Waals surface area (Å²) in [5.74, 6) is 0.998. The molecule has 0 amide bonds. The molecule has 0 spiro atoms. The number of hydrogen-bond acceptors (Lipinski definition) is 4. The molecule has 0 saturated heterocycles. The third kappa shape index (κ3) is 7.89. The van der Waals surface area contributed by atoms with Gasteiger partial charge >= 0.3 is 5.63 Å². The molecule has 1 aliphatic rings. The average molecular weight is 416 g/mol. The summed E-state index contributed by atoms with van der Waals surface area (Å²) in [5.41, 5.74) is 1.50. The first-order valence-corrected chi connectivity index (χ1v) is 11.7. The number of allylic oxidation sites excluding steroid dienone is 2. The summed E-state index contributed by atoms with van der Waals surface area (Å²) in [6.45, 7) is 13.8. The zero-order chi connectivity index (χ0) is 22.4. The van der Waals surface area contributed by atoms with Crippen LogP contribution in [0.4, 0.5) is 5.69 Å². The Kier molecular flexibility index (Phi) is 12.6. The third-order valence-electron chi connectivity index (χ3n) is 5.04. The van der Waals surface area contributed by atoms with Gasteiger partial charge in [0.05, 0.1) is 12.0 Å². The molecule has 4 nitrogen and oxygen atoms in total. The van der Waals surface area contributed by atoms with Crippen molar-refractivity contribution in [3.05, 3.63) is 46.3 Å². The second-order valence-corrected chi connectivity index (χ2v) is 7.44. The molecule has 0 aliphatic heterocycles. The fraction of sp³-hybridized carbons (Fsp3) is 0.577. The van der Waals surface area contributed by atoms with Gasteiger partial charge in [-0.15, -0.1) is 0 Å². The molecular weight excluding hydrogens is 374 g/mol. The summed E-state index contributed by atoms with van der Waals surface area (Å²) in [4.78, 5) is 12.3. The van der Waals surface area contributed by atoms with Crippen LogP contribution in [0, 0.1) is 12.8 Å². The van der Waals surface area contributed by atoms with Crippen LogP contribution in [0.15, 0.2) is 39.6 Å². The SMILES string of the molecule is CC.CCCC.CCCOc1oc(=O)c2cc(NCC3CC=CCC3)ccc2c1C. The first-order chi connectivity index (χ1) is 14.6. The maximum absolute atomic E-state index is 12.3. The standard InChI is InChI=1S/C20H25NO3.C4H10.C2H6/c1-3-11-23-20-14(2)17-10-9-16(12-18(17)19(22)24-20)21-13-15-7-5-4-6-8-15;1-3-4-2;1-2/h4-5,9-10,12,15,21H,3,6-8,11,13H2,1-2H3;3-4H2,1-2H3;1-2H3. The van der Waals surface area contributed by atoms with Crippen LogP contribution >= 0.6 is 0 Å². The highest BCUT2D eigenvalue weighted by molar-refractivity contribution is 5.88. The summed E-state index contributed by atoms with van der Waals surface area (Å²) in [7, 11) is 0. The van der Waals surface area contributed by atoms with E-state index in [1.54, 1.807) is 0 Å². The normalized spacial score (nSPS) is 14.9. The van der Waals surface area contributed by atoms with E-state index >= 15 is 0 Å². The largest absolute Gasteiger partial charge is 0.465 e. The quantitative estimate of drug-likeness (QED) is 0.476. The maximum Gasteiger partial charge on any atom is 0.346 e. The van der Waals surface area contributed by atoms with Gasteiger partial charge in [0.1, 0.15) is 0 Å². The molecule has 0 saturated carbocycles. The molecule has 1 aromatic carbocycles. The summed E-state index contributed by atoms with van der Waals surface area (Å²) >= 11 is 0. The van der Waals surface area contributed by atoms with Gasteiger partial charge in [-0.1, -0.05) is 65.7 Å². The number of benzene rings is 1. The molecule has 4 heteroatoms. The molecule has 1 aromatic heterocycles. The zero-order valence-electron chi connectivity index (χ0n) is 19.8. The van der Waals surface area contributed by atoms with Crippen LogP contribution in [0.25, 0.3) is 10.8 Å². The van der Waals surface area contributed by atoms with Crippen LogP contribution in [0.1, 0.15) is 78.7 Å². The monoisotopic (exact) mass is 415 g/mol. The van der Waals surface area contributed by atoms with Crippen molar-refractivity contribution in [1.82, 2.24) is 0 Å². The van der Waals surface area contributed by atoms with Gasteiger partial charge in [0.2, 0.25) is 0 Å². The Morgan fingerprint density at radius 1 is 1.07 bits per heavy atom. The summed E-state index contributed by atoms with van der Waals surface area (Å²) in [6, 6.07) is 5.89. The minimum absolute atomic E-state index is 0.337. The van der Waals surface area contributed by atoms with Crippen molar-refractivity contribution < 1.29 is 9.15 Å². The van der Waals surface area contributed by atoms with E-state index in [9.17, 15) is 4.79 Å². The highest BCUT2D eigenvalue weighted by Gasteiger charge is 2.13. The smallest absolute Gasteiger partial charge is 0.346 e. The molecule has 0 bridgehead atoms.